The predicted molar refractivity (Wildman–Crippen MR) is 91.0 cm³/mol. The average Bonchev–Trinajstić information content (AvgIpc) is 3.38. The van der Waals surface area contributed by atoms with E-state index in [0.717, 1.165) is 12.8 Å². The van der Waals surface area contributed by atoms with Crippen LogP contribution in [-0.2, 0) is 31.3 Å². The van der Waals surface area contributed by atoms with Gasteiger partial charge in [-0.05, 0) is 18.1 Å². The number of unbranched alkanes of at least 4 members (excludes halogenated alkanes) is 1. The summed E-state index contributed by atoms with van der Waals surface area (Å²) < 4.78 is 16.4. The average molecular weight is 350 g/mol. The second-order valence-corrected chi connectivity index (χ2v) is 6.61. The van der Waals surface area contributed by atoms with E-state index in [-0.39, 0.29) is 31.1 Å². The molecule has 1 unspecified atom stereocenters. The number of aliphatic hydroxyl groups is 1. The van der Waals surface area contributed by atoms with Crippen LogP contribution in [0.3, 0.4) is 0 Å². The van der Waals surface area contributed by atoms with Crippen LogP contribution in [0.25, 0.3) is 0 Å². The van der Waals surface area contributed by atoms with E-state index >= 15 is 0 Å². The van der Waals surface area contributed by atoms with Crippen molar-refractivity contribution in [3.63, 3.8) is 0 Å². The maximum atomic E-state index is 12.0. The molecule has 6 nitrogen and oxygen atoms in total. The molecule has 1 heterocycles. The first kappa shape index (κ1) is 19.4. The normalized spacial score (nSPS) is 18.9. The maximum Gasteiger partial charge on any atom is 0.313 e. The van der Waals surface area contributed by atoms with Crippen molar-refractivity contribution in [1.82, 2.24) is 0 Å². The molecule has 0 bridgehead atoms. The summed E-state index contributed by atoms with van der Waals surface area (Å²) >= 11 is 0. The summed E-state index contributed by atoms with van der Waals surface area (Å²) in [7, 11) is 0. The molecule has 0 aromatic heterocycles. The van der Waals surface area contributed by atoms with Gasteiger partial charge in [0.15, 0.2) is 5.60 Å². The molecular weight excluding hydrogens is 324 g/mol. The number of rotatable bonds is 9. The second kappa shape index (κ2) is 8.45. The Labute approximate surface area is 148 Å². The molecule has 1 aliphatic rings. The molecule has 1 aromatic carbocycles. The van der Waals surface area contributed by atoms with Crippen LogP contribution in [0, 0.1) is 5.92 Å². The van der Waals surface area contributed by atoms with Crippen molar-refractivity contribution >= 4 is 11.9 Å². The van der Waals surface area contributed by atoms with E-state index in [4.69, 9.17) is 14.2 Å². The largest absolute Gasteiger partial charge is 0.462 e. The van der Waals surface area contributed by atoms with Gasteiger partial charge in [0.2, 0.25) is 0 Å². The van der Waals surface area contributed by atoms with E-state index in [2.05, 4.69) is 0 Å². The third kappa shape index (κ3) is 5.03. The van der Waals surface area contributed by atoms with Gasteiger partial charge in [0, 0.05) is 12.0 Å². The Morgan fingerprint density at radius 1 is 1.36 bits per heavy atom. The SMILES string of the molecule is CCCCC(=O)OCC1(c2ccc(CO)cc2OC(=O)C(C)C)CO1. The van der Waals surface area contributed by atoms with Crippen molar-refractivity contribution in [2.45, 2.75) is 52.2 Å². The third-order valence-electron chi connectivity index (χ3n) is 4.09. The second-order valence-electron chi connectivity index (χ2n) is 6.61. The van der Waals surface area contributed by atoms with Crippen LogP contribution in [0.5, 0.6) is 5.75 Å². The number of carbonyl (C=O) groups is 2. The zero-order chi connectivity index (χ0) is 18.4. The highest BCUT2D eigenvalue weighted by atomic mass is 16.6. The molecule has 2 rings (SSSR count). The third-order valence-corrected chi connectivity index (χ3v) is 4.09. The molecule has 1 aromatic rings. The van der Waals surface area contributed by atoms with E-state index in [0.29, 0.717) is 29.9 Å². The van der Waals surface area contributed by atoms with E-state index in [1.54, 1.807) is 32.0 Å². The minimum atomic E-state index is -0.775. The first-order chi connectivity index (χ1) is 11.9. The summed E-state index contributed by atoms with van der Waals surface area (Å²) in [5.41, 5.74) is 0.510. The van der Waals surface area contributed by atoms with E-state index < -0.39 is 5.60 Å². The van der Waals surface area contributed by atoms with Crippen molar-refractivity contribution in [3.8, 4) is 5.75 Å². The van der Waals surface area contributed by atoms with Crippen molar-refractivity contribution in [1.29, 1.82) is 0 Å². The Kier molecular flexibility index (Phi) is 6.56. The highest BCUT2D eigenvalue weighted by Crippen LogP contribution is 2.44. The smallest absolute Gasteiger partial charge is 0.313 e. The molecular formula is C19H26O6. The molecule has 0 saturated carbocycles. The molecule has 6 heteroatoms. The fourth-order valence-electron chi connectivity index (χ4n) is 2.35. The highest BCUT2D eigenvalue weighted by molar-refractivity contribution is 5.75. The van der Waals surface area contributed by atoms with Gasteiger partial charge in [0.25, 0.3) is 0 Å². The number of benzene rings is 1. The highest BCUT2D eigenvalue weighted by Gasteiger charge is 2.50. The van der Waals surface area contributed by atoms with Crippen molar-refractivity contribution in [2.24, 2.45) is 5.92 Å². The van der Waals surface area contributed by atoms with Gasteiger partial charge in [-0.1, -0.05) is 39.3 Å². The fraction of sp³-hybridized carbons (Fsp3) is 0.579. The first-order valence-electron chi connectivity index (χ1n) is 8.67. The lowest BCUT2D eigenvalue weighted by Crippen LogP contribution is -2.23. The Balaban J connectivity index is 2.16. The molecule has 138 valence electrons. The van der Waals surface area contributed by atoms with Crippen LogP contribution in [0.4, 0.5) is 0 Å². The van der Waals surface area contributed by atoms with Crippen LogP contribution in [0.15, 0.2) is 18.2 Å². The molecule has 1 saturated heterocycles. The summed E-state index contributed by atoms with van der Waals surface area (Å²) in [6.07, 6.45) is 2.09. The molecule has 0 spiro atoms. The Hall–Kier alpha value is -1.92. The minimum Gasteiger partial charge on any atom is -0.462 e. The molecule has 1 fully saturated rings. The number of carbonyl (C=O) groups excluding carboxylic acids is 2. The van der Waals surface area contributed by atoms with E-state index in [9.17, 15) is 14.7 Å². The van der Waals surface area contributed by atoms with Crippen molar-refractivity contribution in [3.05, 3.63) is 29.3 Å². The molecule has 0 aliphatic carbocycles. The lowest BCUT2D eigenvalue weighted by atomic mass is 9.98. The number of hydrogen-bond acceptors (Lipinski definition) is 6. The summed E-state index contributed by atoms with van der Waals surface area (Å²) in [6.45, 7) is 5.82. The molecule has 1 atom stereocenters. The number of hydrogen-bond donors (Lipinski definition) is 1. The lowest BCUT2D eigenvalue weighted by Gasteiger charge is -2.18. The molecule has 1 aliphatic heterocycles. The quantitative estimate of drug-likeness (QED) is 0.419. The van der Waals surface area contributed by atoms with Gasteiger partial charge in [-0.3, -0.25) is 9.59 Å². The van der Waals surface area contributed by atoms with Gasteiger partial charge in [-0.25, -0.2) is 0 Å². The van der Waals surface area contributed by atoms with Crippen molar-refractivity contribution in [2.75, 3.05) is 13.2 Å². The maximum absolute atomic E-state index is 12.0. The summed E-state index contributed by atoms with van der Waals surface area (Å²) in [5, 5.41) is 9.33. The fourth-order valence-corrected chi connectivity index (χ4v) is 2.35. The number of ether oxygens (including phenoxy) is 3. The Morgan fingerprint density at radius 2 is 2.08 bits per heavy atom. The monoisotopic (exact) mass is 350 g/mol. The topological polar surface area (TPSA) is 85.4 Å². The summed E-state index contributed by atoms with van der Waals surface area (Å²) in [6, 6.07) is 5.11. The number of aliphatic hydroxyl groups excluding tert-OH is 1. The minimum absolute atomic E-state index is 0.0836. The van der Waals surface area contributed by atoms with Gasteiger partial charge in [-0.15, -0.1) is 0 Å². The van der Waals surface area contributed by atoms with Gasteiger partial charge in [0.1, 0.15) is 12.4 Å². The first-order valence-corrected chi connectivity index (χ1v) is 8.67. The van der Waals surface area contributed by atoms with Gasteiger partial charge < -0.3 is 19.3 Å². The predicted octanol–water partition coefficient (Wildman–Crippen LogP) is 2.70. The number of esters is 2. The standard InChI is InChI=1S/C19H26O6/c1-4-5-6-17(21)23-11-19(12-24-19)15-8-7-14(10-20)9-16(15)25-18(22)13(2)3/h7-9,13,20H,4-6,10-12H2,1-3H3. The van der Waals surface area contributed by atoms with E-state index in [1.807, 2.05) is 6.92 Å². The zero-order valence-electron chi connectivity index (χ0n) is 15.0. The van der Waals surface area contributed by atoms with Crippen LogP contribution < -0.4 is 4.74 Å². The van der Waals surface area contributed by atoms with Crippen LogP contribution >= 0.6 is 0 Å². The molecule has 25 heavy (non-hydrogen) atoms. The Morgan fingerprint density at radius 3 is 2.64 bits per heavy atom. The van der Waals surface area contributed by atoms with Crippen molar-refractivity contribution < 1.29 is 28.9 Å². The number of epoxide rings is 1. The van der Waals surface area contributed by atoms with Gasteiger partial charge in [-0.2, -0.15) is 0 Å². The molecule has 0 amide bonds. The summed E-state index contributed by atoms with van der Waals surface area (Å²) in [5.74, 6) is -0.572. The molecule has 1 N–H and O–H groups in total. The van der Waals surface area contributed by atoms with E-state index in [1.165, 1.54) is 0 Å². The Bertz CT molecular complexity index is 618. The van der Waals surface area contributed by atoms with Crippen LogP contribution in [0.1, 0.15) is 51.2 Å². The van der Waals surface area contributed by atoms with Gasteiger partial charge in [0.05, 0.1) is 19.1 Å². The van der Waals surface area contributed by atoms with Crippen LogP contribution in [0.2, 0.25) is 0 Å². The lowest BCUT2D eigenvalue weighted by molar-refractivity contribution is -0.146. The molecule has 0 radical (unpaired) electrons. The zero-order valence-corrected chi connectivity index (χ0v) is 15.0. The summed E-state index contributed by atoms with van der Waals surface area (Å²) in [4.78, 5) is 23.7. The van der Waals surface area contributed by atoms with Crippen LogP contribution in [-0.4, -0.2) is 30.3 Å². The van der Waals surface area contributed by atoms with Gasteiger partial charge >= 0.3 is 11.9 Å².